The molecule has 1 aromatic carbocycles. The summed E-state index contributed by atoms with van der Waals surface area (Å²) in [6.07, 6.45) is 0.858. The van der Waals surface area contributed by atoms with Gasteiger partial charge in [0, 0.05) is 26.9 Å². The summed E-state index contributed by atoms with van der Waals surface area (Å²) in [5.74, 6) is -0.350. The van der Waals surface area contributed by atoms with Gasteiger partial charge in [0.1, 0.15) is 5.82 Å². The van der Waals surface area contributed by atoms with Gasteiger partial charge in [-0.25, -0.2) is 4.39 Å². The van der Waals surface area contributed by atoms with Gasteiger partial charge < -0.3 is 14.8 Å². The zero-order valence-electron chi connectivity index (χ0n) is 9.84. The number of anilines is 1. The van der Waals surface area contributed by atoms with Gasteiger partial charge in [0.05, 0.1) is 17.3 Å². The Morgan fingerprint density at radius 2 is 2.12 bits per heavy atom. The predicted molar refractivity (Wildman–Crippen MR) is 67.2 cm³/mol. The van der Waals surface area contributed by atoms with Crippen molar-refractivity contribution < 1.29 is 13.9 Å². The number of halogens is 2. The number of hydrogen-bond donors (Lipinski definition) is 1. The molecule has 0 heterocycles. The summed E-state index contributed by atoms with van der Waals surface area (Å²) >= 11 is 5.85. The number of rotatable bonds is 8. The molecule has 1 N–H and O–H groups in total. The molecule has 0 spiro atoms. The molecule has 5 heteroatoms. The second-order valence-electron chi connectivity index (χ2n) is 3.48. The summed E-state index contributed by atoms with van der Waals surface area (Å²) in [6, 6.07) is 4.59. The maximum Gasteiger partial charge on any atom is 0.147 e. The molecule has 0 radical (unpaired) electrons. The Hall–Kier alpha value is -0.840. The highest BCUT2D eigenvalue weighted by atomic mass is 35.5. The summed E-state index contributed by atoms with van der Waals surface area (Å²) in [5, 5.41) is 3.29. The van der Waals surface area contributed by atoms with Crippen LogP contribution in [0.3, 0.4) is 0 Å². The third-order valence-corrected chi connectivity index (χ3v) is 2.46. The molecule has 0 bridgehead atoms. The molecule has 0 saturated carbocycles. The van der Waals surface area contributed by atoms with E-state index in [0.29, 0.717) is 37.1 Å². The molecule has 0 aliphatic heterocycles. The lowest BCUT2D eigenvalue weighted by molar-refractivity contribution is 0.109. The van der Waals surface area contributed by atoms with Gasteiger partial charge in [0.2, 0.25) is 0 Å². The number of nitrogens with one attached hydrogen (secondary N) is 1. The van der Waals surface area contributed by atoms with Crippen LogP contribution in [0.5, 0.6) is 0 Å². The molecule has 17 heavy (non-hydrogen) atoms. The van der Waals surface area contributed by atoms with Gasteiger partial charge in [0.15, 0.2) is 0 Å². The van der Waals surface area contributed by atoms with Crippen molar-refractivity contribution in [1.29, 1.82) is 0 Å². The van der Waals surface area contributed by atoms with Gasteiger partial charge in [-0.3, -0.25) is 0 Å². The fourth-order valence-corrected chi connectivity index (χ4v) is 1.55. The van der Waals surface area contributed by atoms with Gasteiger partial charge in [-0.15, -0.1) is 0 Å². The van der Waals surface area contributed by atoms with Crippen molar-refractivity contribution >= 4 is 17.3 Å². The molecule has 0 atom stereocenters. The van der Waals surface area contributed by atoms with Crippen LogP contribution in [0.2, 0.25) is 5.02 Å². The highest BCUT2D eigenvalue weighted by Crippen LogP contribution is 2.23. The minimum Gasteiger partial charge on any atom is -0.385 e. The number of ether oxygens (including phenoxy) is 2. The van der Waals surface area contributed by atoms with Crippen molar-refractivity contribution in [2.75, 3.05) is 38.8 Å². The van der Waals surface area contributed by atoms with E-state index >= 15 is 0 Å². The van der Waals surface area contributed by atoms with E-state index in [0.717, 1.165) is 6.42 Å². The van der Waals surface area contributed by atoms with Crippen LogP contribution in [0.4, 0.5) is 10.1 Å². The van der Waals surface area contributed by atoms with E-state index in [2.05, 4.69) is 5.32 Å². The van der Waals surface area contributed by atoms with E-state index in [1.807, 2.05) is 0 Å². The first-order chi connectivity index (χ1) is 8.25. The zero-order chi connectivity index (χ0) is 12.5. The van der Waals surface area contributed by atoms with Gasteiger partial charge in [-0.2, -0.15) is 0 Å². The monoisotopic (exact) mass is 261 g/mol. The average Bonchev–Trinajstić information content (AvgIpc) is 2.31. The van der Waals surface area contributed by atoms with Gasteiger partial charge >= 0.3 is 0 Å². The molecule has 0 unspecified atom stereocenters. The SMILES string of the molecule is COCCCOCCNc1c(F)cccc1Cl. The third kappa shape index (κ3) is 5.35. The zero-order valence-corrected chi connectivity index (χ0v) is 10.6. The fraction of sp³-hybridized carbons (Fsp3) is 0.500. The summed E-state index contributed by atoms with van der Waals surface area (Å²) in [7, 11) is 1.65. The first-order valence-corrected chi connectivity index (χ1v) is 5.88. The Balaban J connectivity index is 2.18. The molecule has 0 fully saturated rings. The molecular weight excluding hydrogens is 245 g/mol. The van der Waals surface area contributed by atoms with Crippen LogP contribution in [-0.2, 0) is 9.47 Å². The van der Waals surface area contributed by atoms with E-state index in [9.17, 15) is 4.39 Å². The first kappa shape index (κ1) is 14.2. The summed E-state index contributed by atoms with van der Waals surface area (Å²) in [5.41, 5.74) is 0.328. The van der Waals surface area contributed by atoms with Crippen molar-refractivity contribution in [2.45, 2.75) is 6.42 Å². The quantitative estimate of drug-likeness (QED) is 0.730. The lowest BCUT2D eigenvalue weighted by atomic mass is 10.3. The standard InChI is InChI=1S/C12H17ClFNO2/c1-16-7-3-8-17-9-6-15-12-10(13)4-2-5-11(12)14/h2,4-5,15H,3,6-9H2,1H3. The summed E-state index contributed by atoms with van der Waals surface area (Å²) in [6.45, 7) is 2.36. The Morgan fingerprint density at radius 1 is 1.29 bits per heavy atom. The van der Waals surface area contributed by atoms with Gasteiger partial charge in [0.25, 0.3) is 0 Å². The molecule has 0 aliphatic carbocycles. The fourth-order valence-electron chi connectivity index (χ4n) is 1.32. The van der Waals surface area contributed by atoms with Crippen molar-refractivity contribution in [2.24, 2.45) is 0 Å². The highest BCUT2D eigenvalue weighted by Gasteiger charge is 2.04. The molecular formula is C12H17ClFNO2. The number of methoxy groups -OCH3 is 1. The van der Waals surface area contributed by atoms with Crippen LogP contribution < -0.4 is 5.32 Å². The van der Waals surface area contributed by atoms with E-state index < -0.39 is 0 Å². The maximum atomic E-state index is 13.3. The minimum atomic E-state index is -0.350. The largest absolute Gasteiger partial charge is 0.385 e. The smallest absolute Gasteiger partial charge is 0.147 e. The van der Waals surface area contributed by atoms with Crippen LogP contribution >= 0.6 is 11.6 Å². The summed E-state index contributed by atoms with van der Waals surface area (Å²) in [4.78, 5) is 0. The van der Waals surface area contributed by atoms with Gasteiger partial charge in [-0.05, 0) is 18.6 Å². The predicted octanol–water partition coefficient (Wildman–Crippen LogP) is 2.94. The Labute approximate surface area is 106 Å². The van der Waals surface area contributed by atoms with Crippen LogP contribution in [-0.4, -0.2) is 33.5 Å². The number of hydrogen-bond acceptors (Lipinski definition) is 3. The molecule has 0 aromatic heterocycles. The van der Waals surface area contributed by atoms with Crippen molar-refractivity contribution in [3.63, 3.8) is 0 Å². The number of para-hydroxylation sites is 1. The van der Waals surface area contributed by atoms with E-state index in [-0.39, 0.29) is 5.82 Å². The average molecular weight is 262 g/mol. The van der Waals surface area contributed by atoms with Crippen molar-refractivity contribution in [3.05, 3.63) is 29.0 Å². The van der Waals surface area contributed by atoms with Gasteiger partial charge in [-0.1, -0.05) is 17.7 Å². The molecule has 96 valence electrons. The second kappa shape index (κ2) is 8.28. The molecule has 0 aliphatic rings. The van der Waals surface area contributed by atoms with Crippen LogP contribution in [0.1, 0.15) is 6.42 Å². The van der Waals surface area contributed by atoms with E-state index in [1.54, 1.807) is 19.2 Å². The normalized spacial score (nSPS) is 10.5. The minimum absolute atomic E-state index is 0.328. The van der Waals surface area contributed by atoms with Crippen molar-refractivity contribution in [3.8, 4) is 0 Å². The van der Waals surface area contributed by atoms with E-state index in [4.69, 9.17) is 21.1 Å². The second-order valence-corrected chi connectivity index (χ2v) is 3.89. The molecule has 1 rings (SSSR count). The summed E-state index contributed by atoms with van der Waals surface area (Å²) < 4.78 is 23.5. The molecule has 0 amide bonds. The number of benzene rings is 1. The highest BCUT2D eigenvalue weighted by molar-refractivity contribution is 6.33. The van der Waals surface area contributed by atoms with Crippen LogP contribution in [0, 0.1) is 5.82 Å². The Kier molecular flexibility index (Phi) is 6.93. The molecule has 3 nitrogen and oxygen atoms in total. The van der Waals surface area contributed by atoms with Crippen LogP contribution in [0.15, 0.2) is 18.2 Å². The maximum absolute atomic E-state index is 13.3. The molecule has 0 saturated heterocycles. The van der Waals surface area contributed by atoms with E-state index in [1.165, 1.54) is 6.07 Å². The lowest BCUT2D eigenvalue weighted by Crippen LogP contribution is -2.11. The first-order valence-electron chi connectivity index (χ1n) is 5.50. The van der Waals surface area contributed by atoms with Crippen molar-refractivity contribution in [1.82, 2.24) is 0 Å². The third-order valence-electron chi connectivity index (χ3n) is 2.15. The van der Waals surface area contributed by atoms with Crippen LogP contribution in [0.25, 0.3) is 0 Å². The molecule has 1 aromatic rings. The topological polar surface area (TPSA) is 30.5 Å². The lowest BCUT2D eigenvalue weighted by Gasteiger charge is -2.09. The Morgan fingerprint density at radius 3 is 2.82 bits per heavy atom. The Bertz CT molecular complexity index is 316.